The maximum Gasteiger partial charge on any atom is 0.0603 e. The molecule has 0 saturated carbocycles. The van der Waals surface area contributed by atoms with Gasteiger partial charge in [0.05, 0.1) is 5.60 Å². The largest absolute Gasteiger partial charge is 0.390 e. The molecular formula is C10H23NO. The SMILES string of the molecule is CCC(CC)NCCC(C)(C)O. The van der Waals surface area contributed by atoms with Crippen molar-refractivity contribution in [2.24, 2.45) is 0 Å². The van der Waals surface area contributed by atoms with E-state index in [-0.39, 0.29) is 0 Å². The zero-order valence-corrected chi connectivity index (χ0v) is 8.85. The van der Waals surface area contributed by atoms with E-state index in [1.807, 2.05) is 13.8 Å². The molecule has 74 valence electrons. The average molecular weight is 173 g/mol. The average Bonchev–Trinajstić information content (AvgIpc) is 1.96. The third kappa shape index (κ3) is 6.62. The Bertz CT molecular complexity index is 103. The second-order valence-corrected chi connectivity index (χ2v) is 4.03. The van der Waals surface area contributed by atoms with Crippen LogP contribution < -0.4 is 5.32 Å². The molecule has 0 spiro atoms. The molecule has 0 amide bonds. The van der Waals surface area contributed by atoms with Gasteiger partial charge in [-0.25, -0.2) is 0 Å². The number of nitrogens with one attached hydrogen (secondary N) is 1. The van der Waals surface area contributed by atoms with Gasteiger partial charge >= 0.3 is 0 Å². The lowest BCUT2D eigenvalue weighted by Gasteiger charge is -2.20. The van der Waals surface area contributed by atoms with Crippen molar-refractivity contribution in [3.05, 3.63) is 0 Å². The van der Waals surface area contributed by atoms with Gasteiger partial charge in [-0.2, -0.15) is 0 Å². The topological polar surface area (TPSA) is 32.3 Å². The molecule has 0 bridgehead atoms. The van der Waals surface area contributed by atoms with E-state index in [9.17, 15) is 5.11 Å². The van der Waals surface area contributed by atoms with Crippen molar-refractivity contribution >= 4 is 0 Å². The van der Waals surface area contributed by atoms with Gasteiger partial charge in [0.1, 0.15) is 0 Å². The van der Waals surface area contributed by atoms with Crippen LogP contribution in [0, 0.1) is 0 Å². The van der Waals surface area contributed by atoms with Crippen LogP contribution in [-0.2, 0) is 0 Å². The Balaban J connectivity index is 3.41. The summed E-state index contributed by atoms with van der Waals surface area (Å²) in [5.74, 6) is 0. The van der Waals surface area contributed by atoms with Gasteiger partial charge in [-0.05, 0) is 39.7 Å². The second-order valence-electron chi connectivity index (χ2n) is 4.03. The zero-order valence-electron chi connectivity index (χ0n) is 8.85. The normalized spacial score (nSPS) is 12.5. The van der Waals surface area contributed by atoms with Crippen molar-refractivity contribution in [2.45, 2.75) is 58.6 Å². The van der Waals surface area contributed by atoms with Crippen molar-refractivity contribution in [2.75, 3.05) is 6.54 Å². The maximum atomic E-state index is 9.44. The third-order valence-corrected chi connectivity index (χ3v) is 2.16. The summed E-state index contributed by atoms with van der Waals surface area (Å²) in [4.78, 5) is 0. The number of rotatable bonds is 6. The first-order valence-corrected chi connectivity index (χ1v) is 4.95. The van der Waals surface area contributed by atoms with Crippen LogP contribution in [0.15, 0.2) is 0 Å². The molecule has 0 aliphatic heterocycles. The lowest BCUT2D eigenvalue weighted by Crippen LogP contribution is -2.33. The van der Waals surface area contributed by atoms with Gasteiger partial charge in [0.25, 0.3) is 0 Å². The second kappa shape index (κ2) is 5.55. The zero-order chi connectivity index (χ0) is 9.61. The fourth-order valence-corrected chi connectivity index (χ4v) is 1.16. The molecule has 0 aliphatic carbocycles. The van der Waals surface area contributed by atoms with Gasteiger partial charge in [0.2, 0.25) is 0 Å². The molecule has 0 rings (SSSR count). The van der Waals surface area contributed by atoms with Crippen LogP contribution >= 0.6 is 0 Å². The Labute approximate surface area is 76.4 Å². The molecule has 0 aromatic rings. The van der Waals surface area contributed by atoms with Gasteiger partial charge in [-0.1, -0.05) is 13.8 Å². The van der Waals surface area contributed by atoms with Crippen molar-refractivity contribution in [3.8, 4) is 0 Å². The molecule has 0 aromatic carbocycles. The minimum atomic E-state index is -0.529. The summed E-state index contributed by atoms with van der Waals surface area (Å²) < 4.78 is 0. The van der Waals surface area contributed by atoms with Crippen LogP contribution in [0.4, 0.5) is 0 Å². The molecule has 2 N–H and O–H groups in total. The Morgan fingerprint density at radius 1 is 1.25 bits per heavy atom. The molecule has 2 nitrogen and oxygen atoms in total. The van der Waals surface area contributed by atoms with Crippen molar-refractivity contribution in [3.63, 3.8) is 0 Å². The molecule has 12 heavy (non-hydrogen) atoms. The molecule has 0 radical (unpaired) electrons. The number of hydrogen-bond acceptors (Lipinski definition) is 2. The summed E-state index contributed by atoms with van der Waals surface area (Å²) in [7, 11) is 0. The molecule has 0 unspecified atom stereocenters. The maximum absolute atomic E-state index is 9.44. The molecule has 0 aliphatic rings. The van der Waals surface area contributed by atoms with Crippen LogP contribution in [0.5, 0.6) is 0 Å². The highest BCUT2D eigenvalue weighted by molar-refractivity contribution is 4.69. The van der Waals surface area contributed by atoms with E-state index in [0.29, 0.717) is 6.04 Å². The van der Waals surface area contributed by atoms with Gasteiger partial charge in [0.15, 0.2) is 0 Å². The van der Waals surface area contributed by atoms with Crippen molar-refractivity contribution in [1.82, 2.24) is 5.32 Å². The van der Waals surface area contributed by atoms with E-state index in [1.54, 1.807) is 0 Å². The first kappa shape index (κ1) is 11.9. The van der Waals surface area contributed by atoms with E-state index in [1.165, 1.54) is 12.8 Å². The molecular weight excluding hydrogens is 150 g/mol. The summed E-state index contributed by atoms with van der Waals surface area (Å²) in [6.45, 7) is 8.98. The third-order valence-electron chi connectivity index (χ3n) is 2.16. The van der Waals surface area contributed by atoms with Crippen LogP contribution in [0.3, 0.4) is 0 Å². The quantitative estimate of drug-likeness (QED) is 0.643. The Morgan fingerprint density at radius 3 is 2.08 bits per heavy atom. The number of hydrogen-bond donors (Lipinski definition) is 2. The van der Waals surface area contributed by atoms with Gasteiger partial charge < -0.3 is 10.4 Å². The van der Waals surface area contributed by atoms with E-state index < -0.39 is 5.60 Å². The lowest BCUT2D eigenvalue weighted by molar-refractivity contribution is 0.0702. The highest BCUT2D eigenvalue weighted by Gasteiger charge is 2.12. The minimum absolute atomic E-state index is 0.529. The molecule has 0 atom stereocenters. The smallest absolute Gasteiger partial charge is 0.0603 e. The van der Waals surface area contributed by atoms with Crippen molar-refractivity contribution < 1.29 is 5.11 Å². The summed E-state index contributed by atoms with van der Waals surface area (Å²) in [6, 6.07) is 0.618. The van der Waals surface area contributed by atoms with Crippen molar-refractivity contribution in [1.29, 1.82) is 0 Å². The van der Waals surface area contributed by atoms with Gasteiger partial charge in [-0.3, -0.25) is 0 Å². The van der Waals surface area contributed by atoms with Crippen LogP contribution in [0.1, 0.15) is 47.0 Å². The molecule has 0 aromatic heterocycles. The summed E-state index contributed by atoms with van der Waals surface area (Å²) in [5.41, 5.74) is -0.529. The molecule has 0 fully saturated rings. The van der Waals surface area contributed by atoms with E-state index in [0.717, 1.165) is 13.0 Å². The highest BCUT2D eigenvalue weighted by Crippen LogP contribution is 2.06. The fourth-order valence-electron chi connectivity index (χ4n) is 1.16. The molecule has 0 heterocycles. The number of aliphatic hydroxyl groups is 1. The predicted molar refractivity (Wildman–Crippen MR) is 53.3 cm³/mol. The standard InChI is InChI=1S/C10H23NO/c1-5-9(6-2)11-8-7-10(3,4)12/h9,11-12H,5-8H2,1-4H3. The summed E-state index contributed by atoms with van der Waals surface area (Å²) >= 11 is 0. The van der Waals surface area contributed by atoms with E-state index in [4.69, 9.17) is 0 Å². The Hall–Kier alpha value is -0.0800. The molecule has 2 heteroatoms. The summed E-state index contributed by atoms with van der Waals surface area (Å²) in [6.07, 6.45) is 3.16. The summed E-state index contributed by atoms with van der Waals surface area (Å²) in [5, 5.41) is 12.9. The fraction of sp³-hybridized carbons (Fsp3) is 1.00. The predicted octanol–water partition coefficient (Wildman–Crippen LogP) is 1.93. The van der Waals surface area contributed by atoms with Crippen LogP contribution in [0.2, 0.25) is 0 Å². The van der Waals surface area contributed by atoms with Crippen LogP contribution in [0.25, 0.3) is 0 Å². The van der Waals surface area contributed by atoms with Crippen LogP contribution in [-0.4, -0.2) is 23.3 Å². The minimum Gasteiger partial charge on any atom is -0.390 e. The van der Waals surface area contributed by atoms with Gasteiger partial charge in [-0.15, -0.1) is 0 Å². The lowest BCUT2D eigenvalue weighted by atomic mass is 10.1. The first-order valence-electron chi connectivity index (χ1n) is 4.95. The Morgan fingerprint density at radius 2 is 1.75 bits per heavy atom. The van der Waals surface area contributed by atoms with Gasteiger partial charge in [0, 0.05) is 6.04 Å². The Kier molecular flexibility index (Phi) is 5.51. The van der Waals surface area contributed by atoms with E-state index >= 15 is 0 Å². The monoisotopic (exact) mass is 173 g/mol. The highest BCUT2D eigenvalue weighted by atomic mass is 16.3. The first-order chi connectivity index (χ1) is 5.49. The van der Waals surface area contributed by atoms with E-state index in [2.05, 4.69) is 19.2 Å². The molecule has 0 saturated heterocycles.